The smallest absolute Gasteiger partial charge is 0.416 e. The second kappa shape index (κ2) is 12.5. The minimum Gasteiger partial charge on any atom is -0.494 e. The molecule has 244 valence electrons. The van der Waals surface area contributed by atoms with Crippen LogP contribution in [-0.4, -0.2) is 60.3 Å². The summed E-state index contributed by atoms with van der Waals surface area (Å²) in [5.41, 5.74) is 1.76. The molecule has 1 N–H and O–H groups in total. The number of nitrogens with zero attached hydrogens (tertiary/aromatic N) is 4. The Labute approximate surface area is 268 Å². The fraction of sp³-hybridized carbons (Fsp3) is 0.528. The highest BCUT2D eigenvalue weighted by Gasteiger charge is 2.50. The second-order valence-electron chi connectivity index (χ2n) is 14.0. The number of carbonyl (C=O) groups is 1. The number of rotatable bonds is 9. The quantitative estimate of drug-likeness (QED) is 0.279. The highest BCUT2D eigenvalue weighted by molar-refractivity contribution is 5.92. The predicted octanol–water partition coefficient (Wildman–Crippen LogP) is 6.83. The van der Waals surface area contributed by atoms with Crippen molar-refractivity contribution in [2.75, 3.05) is 44.2 Å². The molecule has 1 amide bonds. The Morgan fingerprint density at radius 3 is 2.26 bits per heavy atom. The van der Waals surface area contributed by atoms with Crippen LogP contribution in [0.3, 0.4) is 0 Å². The summed E-state index contributed by atoms with van der Waals surface area (Å²) in [7, 11) is 0. The fourth-order valence-electron chi connectivity index (χ4n) is 8.92. The third-order valence-corrected chi connectivity index (χ3v) is 10.6. The maximum absolute atomic E-state index is 13.9. The van der Waals surface area contributed by atoms with Crippen LogP contribution in [-0.2, 0) is 12.7 Å². The zero-order valence-electron chi connectivity index (χ0n) is 26.4. The zero-order valence-corrected chi connectivity index (χ0v) is 26.4. The van der Waals surface area contributed by atoms with E-state index in [1.54, 1.807) is 30.3 Å². The lowest BCUT2D eigenvalue weighted by molar-refractivity contribution is -0.137. The molecule has 1 saturated heterocycles. The van der Waals surface area contributed by atoms with Crippen LogP contribution in [0.2, 0.25) is 0 Å². The van der Waals surface area contributed by atoms with E-state index in [1.807, 2.05) is 19.1 Å². The normalized spacial score (nSPS) is 25.9. The van der Waals surface area contributed by atoms with Crippen LogP contribution >= 0.6 is 0 Å². The van der Waals surface area contributed by atoms with Gasteiger partial charge < -0.3 is 15.0 Å². The van der Waals surface area contributed by atoms with Crippen LogP contribution in [0.1, 0.15) is 67.1 Å². The highest BCUT2D eigenvalue weighted by atomic mass is 19.4. The first kappa shape index (κ1) is 31.0. The molecule has 4 saturated carbocycles. The lowest BCUT2D eigenvalue weighted by Gasteiger charge is -2.56. The molecule has 46 heavy (non-hydrogen) atoms. The molecule has 5 fully saturated rings. The van der Waals surface area contributed by atoms with Crippen molar-refractivity contribution in [1.82, 2.24) is 20.4 Å². The molecule has 8 rings (SSSR count). The van der Waals surface area contributed by atoms with Crippen molar-refractivity contribution in [1.29, 1.82) is 0 Å². The van der Waals surface area contributed by atoms with Gasteiger partial charge in [-0.25, -0.2) is 0 Å². The number of nitrogens with one attached hydrogen (secondary N) is 1. The van der Waals surface area contributed by atoms with Crippen molar-refractivity contribution in [3.63, 3.8) is 0 Å². The Hall–Kier alpha value is -3.66. The van der Waals surface area contributed by atoms with Gasteiger partial charge in [-0.3, -0.25) is 9.69 Å². The minimum absolute atomic E-state index is 0.162. The van der Waals surface area contributed by atoms with Gasteiger partial charge in [0.1, 0.15) is 5.75 Å². The first-order valence-corrected chi connectivity index (χ1v) is 16.7. The first-order valence-electron chi connectivity index (χ1n) is 16.7. The average Bonchev–Trinajstić information content (AvgIpc) is 3.03. The SMILES string of the molecule is CCOc1cccc(-c2cc(CN3CCN(c4ccc(C(=O)NCC56CC7CC(CC(C7)C5)C6)nn4)CC3)cc(C(F)(F)F)c2)c1. The molecule has 4 aliphatic carbocycles. The van der Waals surface area contributed by atoms with E-state index < -0.39 is 11.7 Å². The van der Waals surface area contributed by atoms with Gasteiger partial charge in [0, 0.05) is 39.3 Å². The number of anilines is 1. The van der Waals surface area contributed by atoms with E-state index in [4.69, 9.17) is 4.74 Å². The number of hydrogen-bond acceptors (Lipinski definition) is 6. The van der Waals surface area contributed by atoms with Gasteiger partial charge in [0.2, 0.25) is 0 Å². The third kappa shape index (κ3) is 6.73. The van der Waals surface area contributed by atoms with Crippen LogP contribution < -0.4 is 15.0 Å². The summed E-state index contributed by atoms with van der Waals surface area (Å²) in [5.74, 6) is 3.69. The summed E-state index contributed by atoms with van der Waals surface area (Å²) in [6.07, 6.45) is 3.42. The van der Waals surface area contributed by atoms with Gasteiger partial charge in [-0.05, 0) is 128 Å². The largest absolute Gasteiger partial charge is 0.494 e. The zero-order chi connectivity index (χ0) is 31.9. The Bertz CT molecular complexity index is 1520. The molecule has 4 bridgehead atoms. The van der Waals surface area contributed by atoms with E-state index in [1.165, 1.54) is 50.7 Å². The topological polar surface area (TPSA) is 70.6 Å². The molecule has 3 aromatic rings. The van der Waals surface area contributed by atoms with E-state index in [9.17, 15) is 18.0 Å². The van der Waals surface area contributed by atoms with Gasteiger partial charge in [-0.15, -0.1) is 10.2 Å². The van der Waals surface area contributed by atoms with Crippen molar-refractivity contribution in [3.8, 4) is 16.9 Å². The summed E-state index contributed by atoms with van der Waals surface area (Å²) >= 11 is 0. The lowest BCUT2D eigenvalue weighted by Crippen LogP contribution is -2.51. The van der Waals surface area contributed by atoms with E-state index in [-0.39, 0.29) is 11.3 Å². The molecule has 2 aromatic carbocycles. The number of carbonyl (C=O) groups excluding carboxylic acids is 1. The minimum atomic E-state index is -4.45. The number of ether oxygens (including phenoxy) is 1. The van der Waals surface area contributed by atoms with Crippen LogP contribution in [0.15, 0.2) is 54.6 Å². The monoisotopic (exact) mass is 633 g/mol. The van der Waals surface area contributed by atoms with E-state index >= 15 is 0 Å². The summed E-state index contributed by atoms with van der Waals surface area (Å²) in [4.78, 5) is 17.2. The first-order chi connectivity index (χ1) is 22.1. The van der Waals surface area contributed by atoms with Crippen molar-refractivity contribution >= 4 is 11.7 Å². The maximum atomic E-state index is 13.9. The molecular weight excluding hydrogens is 591 g/mol. The van der Waals surface area contributed by atoms with Crippen LogP contribution in [0.5, 0.6) is 5.75 Å². The number of aromatic nitrogens is 2. The van der Waals surface area contributed by atoms with Crippen LogP contribution in [0, 0.1) is 23.2 Å². The Kier molecular flexibility index (Phi) is 8.42. The second-order valence-corrected chi connectivity index (χ2v) is 14.0. The van der Waals surface area contributed by atoms with Crippen molar-refractivity contribution in [2.45, 2.75) is 58.2 Å². The molecule has 7 nitrogen and oxygen atoms in total. The molecule has 0 radical (unpaired) electrons. The van der Waals surface area contributed by atoms with Crippen molar-refractivity contribution in [3.05, 3.63) is 71.4 Å². The molecule has 10 heteroatoms. The van der Waals surface area contributed by atoms with Gasteiger partial charge in [-0.1, -0.05) is 12.1 Å². The predicted molar refractivity (Wildman–Crippen MR) is 171 cm³/mol. The molecule has 0 unspecified atom stereocenters. The van der Waals surface area contributed by atoms with Crippen LogP contribution in [0.4, 0.5) is 19.0 Å². The number of benzene rings is 2. The Balaban J connectivity index is 0.952. The van der Waals surface area contributed by atoms with Gasteiger partial charge in [-0.2, -0.15) is 13.2 Å². The lowest BCUT2D eigenvalue weighted by atomic mass is 9.49. The van der Waals surface area contributed by atoms with E-state index in [2.05, 4.69) is 25.3 Å². The number of amides is 1. The van der Waals surface area contributed by atoms with Crippen LogP contribution in [0.25, 0.3) is 11.1 Å². The van der Waals surface area contributed by atoms with Crippen molar-refractivity contribution in [2.24, 2.45) is 23.2 Å². The number of halogens is 3. The number of alkyl halides is 3. The molecule has 1 aliphatic heterocycles. The van der Waals surface area contributed by atoms with Gasteiger partial charge in [0.15, 0.2) is 11.5 Å². The summed E-state index contributed by atoms with van der Waals surface area (Å²) in [6, 6.07) is 15.1. The summed E-state index contributed by atoms with van der Waals surface area (Å²) in [6.45, 7) is 6.15. The molecule has 1 aromatic heterocycles. The third-order valence-electron chi connectivity index (χ3n) is 10.6. The molecule has 0 spiro atoms. The molecular formula is C36H42F3N5O2. The van der Waals surface area contributed by atoms with Gasteiger partial charge >= 0.3 is 6.18 Å². The highest BCUT2D eigenvalue weighted by Crippen LogP contribution is 2.59. The Morgan fingerprint density at radius 1 is 0.913 bits per heavy atom. The number of piperazine rings is 1. The molecule has 2 heterocycles. The fourth-order valence-corrected chi connectivity index (χ4v) is 8.92. The summed E-state index contributed by atoms with van der Waals surface area (Å²) in [5, 5.41) is 11.8. The average molecular weight is 634 g/mol. The van der Waals surface area contributed by atoms with E-state index in [0.717, 1.165) is 24.3 Å². The van der Waals surface area contributed by atoms with Gasteiger partial charge in [0.05, 0.1) is 12.2 Å². The molecule has 5 aliphatic rings. The Morgan fingerprint density at radius 2 is 1.63 bits per heavy atom. The summed E-state index contributed by atoms with van der Waals surface area (Å²) < 4.78 is 47.2. The maximum Gasteiger partial charge on any atom is 0.416 e. The standard InChI is InChI=1S/C36H42F3N5O2/c1-2-46-31-5-3-4-28(18-31)29-15-27(16-30(17-29)36(37,38)39)22-43-8-10-44(11-9-43)33-7-6-32(41-42-33)34(45)40-23-35-19-24-12-25(20-35)14-26(13-24)21-35/h3-7,15-18,24-26H,2,8-14,19-23H2,1H3,(H,40,45). The molecule has 0 atom stereocenters. The number of hydrogen-bond donors (Lipinski definition) is 1. The van der Waals surface area contributed by atoms with E-state index in [0.29, 0.717) is 73.3 Å². The van der Waals surface area contributed by atoms with Crippen molar-refractivity contribution < 1.29 is 22.7 Å². The van der Waals surface area contributed by atoms with Gasteiger partial charge in [0.25, 0.3) is 5.91 Å².